The summed E-state index contributed by atoms with van der Waals surface area (Å²) in [6.45, 7) is 14.5. The molecule has 0 bridgehead atoms. The second-order valence-electron chi connectivity index (χ2n) is 12.7. The molecule has 4 rings (SSSR count). The largest absolute Gasteiger partial charge is 0.469 e. The molecule has 0 fully saturated rings. The number of aliphatic imine (C=N–C) groups is 2. The van der Waals surface area contributed by atoms with Gasteiger partial charge in [-0.25, -0.2) is 0 Å². The fraction of sp³-hybridized carbons (Fsp3) is 0.462. The summed E-state index contributed by atoms with van der Waals surface area (Å²) in [5.74, 6) is -0.807. The van der Waals surface area contributed by atoms with Gasteiger partial charge in [-0.1, -0.05) is 6.92 Å². The molecule has 0 aromatic carbocycles. The van der Waals surface area contributed by atoms with Crippen molar-refractivity contribution >= 4 is 41.5 Å². The Morgan fingerprint density at radius 2 is 1.08 bits per heavy atom. The molecule has 2 aromatic rings. The Kier molecular flexibility index (Phi) is 12.2. The van der Waals surface area contributed by atoms with Crippen molar-refractivity contribution in [3.8, 4) is 0 Å². The lowest BCUT2D eigenvalue weighted by Gasteiger charge is -2.09. The van der Waals surface area contributed by atoms with Crippen LogP contribution in [0.15, 0.2) is 43.7 Å². The molecule has 10 nitrogen and oxygen atoms in total. The molecule has 0 saturated carbocycles. The first-order valence-electron chi connectivity index (χ1n) is 16.9. The van der Waals surface area contributed by atoms with Crippen LogP contribution in [0.2, 0.25) is 0 Å². The molecular weight excluding hydrogens is 620 g/mol. The number of aromatic amines is 2. The van der Waals surface area contributed by atoms with Crippen LogP contribution in [0.4, 0.5) is 0 Å². The molecular formula is C39H50N4O6. The molecule has 262 valence electrons. The second-order valence-corrected chi connectivity index (χ2v) is 12.7. The van der Waals surface area contributed by atoms with Crippen molar-refractivity contribution in [2.24, 2.45) is 9.98 Å². The lowest BCUT2D eigenvalue weighted by atomic mass is 9.94. The predicted molar refractivity (Wildman–Crippen MR) is 194 cm³/mol. The fourth-order valence-electron chi connectivity index (χ4n) is 6.80. The van der Waals surface area contributed by atoms with Gasteiger partial charge in [-0.05, 0) is 124 Å². The van der Waals surface area contributed by atoms with Gasteiger partial charge in [0.2, 0.25) is 0 Å². The van der Waals surface area contributed by atoms with Gasteiger partial charge in [0, 0.05) is 48.5 Å². The number of ether oxygens (including phenoxy) is 3. The minimum Gasteiger partial charge on any atom is -0.469 e. The molecule has 2 N–H and O–H groups in total. The van der Waals surface area contributed by atoms with Crippen molar-refractivity contribution in [2.45, 2.75) is 99.8 Å². The molecule has 0 radical (unpaired) electrons. The van der Waals surface area contributed by atoms with E-state index in [0.29, 0.717) is 32.1 Å². The summed E-state index contributed by atoms with van der Waals surface area (Å²) in [4.78, 5) is 53.5. The third kappa shape index (κ3) is 8.29. The van der Waals surface area contributed by atoms with E-state index in [2.05, 4.69) is 43.7 Å². The van der Waals surface area contributed by atoms with Crippen molar-refractivity contribution in [1.29, 1.82) is 0 Å². The number of nitrogens with zero attached hydrogens (tertiary/aromatic N) is 2. The molecule has 0 spiro atoms. The number of aryl methyl sites for hydroxylation is 2. The van der Waals surface area contributed by atoms with E-state index in [4.69, 9.17) is 24.2 Å². The van der Waals surface area contributed by atoms with Crippen molar-refractivity contribution in [3.05, 3.63) is 78.7 Å². The number of carbonyl (C=O) groups is 3. The van der Waals surface area contributed by atoms with Crippen LogP contribution in [-0.2, 0) is 41.4 Å². The van der Waals surface area contributed by atoms with Gasteiger partial charge in [0.25, 0.3) is 0 Å². The highest BCUT2D eigenvalue weighted by atomic mass is 16.5. The monoisotopic (exact) mass is 670 g/mol. The van der Waals surface area contributed by atoms with E-state index in [1.165, 1.54) is 32.5 Å². The fourth-order valence-corrected chi connectivity index (χ4v) is 6.80. The van der Waals surface area contributed by atoms with Crippen LogP contribution in [0, 0.1) is 27.7 Å². The van der Waals surface area contributed by atoms with E-state index < -0.39 is 0 Å². The minimum absolute atomic E-state index is 0.225. The Balaban J connectivity index is 1.75. The lowest BCUT2D eigenvalue weighted by molar-refractivity contribution is -0.141. The van der Waals surface area contributed by atoms with Gasteiger partial charge in [-0.2, -0.15) is 0 Å². The quantitative estimate of drug-likeness (QED) is 0.158. The van der Waals surface area contributed by atoms with Crippen LogP contribution in [0.3, 0.4) is 0 Å². The summed E-state index contributed by atoms with van der Waals surface area (Å²) in [6.07, 6.45) is 7.84. The van der Waals surface area contributed by atoms with E-state index in [9.17, 15) is 14.4 Å². The van der Waals surface area contributed by atoms with Crippen LogP contribution >= 0.6 is 0 Å². The van der Waals surface area contributed by atoms with Gasteiger partial charge in [0.05, 0.1) is 44.1 Å². The Labute approximate surface area is 289 Å². The van der Waals surface area contributed by atoms with E-state index in [1.54, 1.807) is 0 Å². The predicted octanol–water partition coefficient (Wildman–Crippen LogP) is 7.47. The first kappa shape index (κ1) is 37.1. The molecule has 2 aliphatic heterocycles. The Bertz CT molecular complexity index is 1840. The van der Waals surface area contributed by atoms with Gasteiger partial charge in [-0.3, -0.25) is 24.4 Å². The second kappa shape index (κ2) is 16.1. The van der Waals surface area contributed by atoms with Crippen LogP contribution in [0.1, 0.15) is 104 Å². The lowest BCUT2D eigenvalue weighted by Crippen LogP contribution is -2.11. The van der Waals surface area contributed by atoms with Gasteiger partial charge < -0.3 is 24.2 Å². The van der Waals surface area contributed by atoms with Gasteiger partial charge in [0.15, 0.2) is 0 Å². The zero-order chi connectivity index (χ0) is 36.0. The van der Waals surface area contributed by atoms with Crippen molar-refractivity contribution in [1.82, 2.24) is 9.97 Å². The number of hydrogen-bond acceptors (Lipinski definition) is 8. The van der Waals surface area contributed by atoms with Crippen molar-refractivity contribution in [2.75, 3.05) is 21.3 Å². The summed E-state index contributed by atoms with van der Waals surface area (Å²) in [6, 6.07) is 0. The highest BCUT2D eigenvalue weighted by molar-refractivity contribution is 6.21. The maximum atomic E-state index is 12.2. The average molecular weight is 671 g/mol. The third-order valence-corrected chi connectivity index (χ3v) is 9.82. The minimum atomic E-state index is -0.287. The number of esters is 3. The summed E-state index contributed by atoms with van der Waals surface area (Å²) < 4.78 is 14.8. The Hall–Kier alpha value is -4.73. The molecule has 0 atom stereocenters. The summed E-state index contributed by atoms with van der Waals surface area (Å²) in [5.41, 5.74) is 16.1. The number of nitrogens with one attached hydrogen (secondary N) is 2. The highest BCUT2D eigenvalue weighted by Gasteiger charge is 2.28. The molecule has 0 saturated heterocycles. The number of rotatable bonds is 14. The number of allylic oxidation sites excluding steroid dienone is 4. The number of methoxy groups -OCH3 is 3. The molecule has 0 aliphatic carbocycles. The number of H-pyrrole nitrogens is 2. The third-order valence-electron chi connectivity index (χ3n) is 9.82. The normalized spacial score (nSPS) is 16.2. The van der Waals surface area contributed by atoms with Crippen molar-refractivity contribution < 1.29 is 28.6 Å². The smallest absolute Gasteiger partial charge is 0.305 e. The molecule has 49 heavy (non-hydrogen) atoms. The molecule has 2 aromatic heterocycles. The number of hydrogen-bond donors (Lipinski definition) is 2. The van der Waals surface area contributed by atoms with Gasteiger partial charge in [-0.15, -0.1) is 0 Å². The van der Waals surface area contributed by atoms with Crippen LogP contribution in [0.25, 0.3) is 12.2 Å². The zero-order valence-corrected chi connectivity index (χ0v) is 30.7. The van der Waals surface area contributed by atoms with E-state index in [1.807, 2.05) is 26.8 Å². The zero-order valence-electron chi connectivity index (χ0n) is 30.7. The first-order valence-corrected chi connectivity index (χ1v) is 16.9. The molecule has 2 aliphatic rings. The first-order chi connectivity index (χ1) is 23.3. The average Bonchev–Trinajstić information content (AvgIpc) is 3.73. The van der Waals surface area contributed by atoms with E-state index in [0.717, 1.165) is 85.4 Å². The maximum Gasteiger partial charge on any atom is 0.305 e. The topological polar surface area (TPSA) is 135 Å². The van der Waals surface area contributed by atoms with Crippen LogP contribution in [0.5, 0.6) is 0 Å². The maximum absolute atomic E-state index is 12.2. The van der Waals surface area contributed by atoms with Gasteiger partial charge >= 0.3 is 17.9 Å². The number of carbonyl (C=O) groups excluding carboxylic acids is 3. The van der Waals surface area contributed by atoms with Crippen LogP contribution in [-0.4, -0.2) is 60.6 Å². The Morgan fingerprint density at radius 3 is 1.61 bits per heavy atom. The molecule has 10 heteroatoms. The summed E-state index contributed by atoms with van der Waals surface area (Å²) in [5, 5.41) is 0. The highest BCUT2D eigenvalue weighted by Crippen LogP contribution is 2.37. The standard InChI is InChI=1S/C39H50N4O6/c1-11-27-21(2)31(40-25(27)6)18-33-23(4)29(13-16-38(45)48-9)36(42-33)20-34-24(5)30(14-17-39(46)49-10)35(43-34)19-32-22(3)28(26(7)41-32)12-15-37(44)47-8/h18-19,40-41H,11-17,20H2,1-10H3/b33-18+,35-19-. The van der Waals surface area contributed by atoms with Crippen molar-refractivity contribution in [3.63, 3.8) is 0 Å². The van der Waals surface area contributed by atoms with E-state index in [-0.39, 0.29) is 30.7 Å². The molecule has 4 heterocycles. The number of aromatic nitrogens is 2. The summed E-state index contributed by atoms with van der Waals surface area (Å²) >= 11 is 0. The molecule has 0 unspecified atom stereocenters. The molecule has 0 amide bonds. The SMILES string of the molecule is CCc1c(C)[nH]c(/C=C2/N=C(CC3=N/C(=C\c4[nH]c(C)c(CCC(=O)OC)c4C)C(CCC(=O)OC)=C3C)C(CCC(=O)OC)=C2C)c1C. The van der Waals surface area contributed by atoms with Gasteiger partial charge in [0.1, 0.15) is 0 Å². The Morgan fingerprint density at radius 1 is 0.612 bits per heavy atom. The van der Waals surface area contributed by atoms with E-state index >= 15 is 0 Å². The summed E-state index contributed by atoms with van der Waals surface area (Å²) in [7, 11) is 4.19. The van der Waals surface area contributed by atoms with Crippen LogP contribution < -0.4 is 0 Å².